The van der Waals surface area contributed by atoms with E-state index in [1.54, 1.807) is 14.2 Å². The minimum Gasteiger partial charge on any atom is -0.493 e. The molecular formula is C20H23NO3. The number of ether oxygens (including phenoxy) is 3. The number of hydrogen-bond donors (Lipinski definition) is 0. The Labute approximate surface area is 143 Å². The quantitative estimate of drug-likeness (QED) is 0.727. The van der Waals surface area contributed by atoms with Gasteiger partial charge in [0.2, 0.25) is 0 Å². The molecule has 0 spiro atoms. The van der Waals surface area contributed by atoms with Crippen LogP contribution in [0.3, 0.4) is 0 Å². The fraction of sp³-hybridized carbons (Fsp3) is 0.350. The van der Waals surface area contributed by atoms with Crippen LogP contribution in [-0.2, 0) is 11.2 Å². The minimum absolute atomic E-state index is 0.161. The zero-order valence-electron chi connectivity index (χ0n) is 14.2. The van der Waals surface area contributed by atoms with Crippen molar-refractivity contribution in [3.8, 4) is 11.5 Å². The van der Waals surface area contributed by atoms with Crippen LogP contribution in [0.15, 0.2) is 47.5 Å². The molecule has 0 aromatic heterocycles. The Morgan fingerprint density at radius 3 is 2.62 bits per heavy atom. The monoisotopic (exact) mass is 325 g/mol. The van der Waals surface area contributed by atoms with Gasteiger partial charge < -0.3 is 14.2 Å². The van der Waals surface area contributed by atoms with Crippen LogP contribution in [0.1, 0.15) is 29.2 Å². The lowest BCUT2D eigenvalue weighted by Gasteiger charge is -2.21. The number of aliphatic imine (C=N–C) groups is 1. The maximum absolute atomic E-state index is 5.89. The molecule has 4 nitrogen and oxygen atoms in total. The van der Waals surface area contributed by atoms with Crippen LogP contribution in [0.25, 0.3) is 0 Å². The number of hydrogen-bond acceptors (Lipinski definition) is 4. The number of benzene rings is 2. The standard InChI is InChI=1S/C20H23NO3/c1-22-9-6-10-24-20-12-16-11-18(15-7-4-3-5-8-15)21-14-17(16)13-19(20)23-2/h3-5,7-8,12-14,18H,6,9-11H2,1-2H3. The summed E-state index contributed by atoms with van der Waals surface area (Å²) in [6.07, 6.45) is 3.66. The molecule has 0 radical (unpaired) electrons. The molecular weight excluding hydrogens is 302 g/mol. The Hall–Kier alpha value is -2.33. The summed E-state index contributed by atoms with van der Waals surface area (Å²) in [4.78, 5) is 4.69. The molecule has 0 aliphatic carbocycles. The molecule has 126 valence electrons. The van der Waals surface area contributed by atoms with Crippen LogP contribution in [-0.4, -0.2) is 33.6 Å². The van der Waals surface area contributed by atoms with E-state index in [1.807, 2.05) is 18.3 Å². The van der Waals surface area contributed by atoms with E-state index in [0.717, 1.165) is 29.9 Å². The summed E-state index contributed by atoms with van der Waals surface area (Å²) in [6, 6.07) is 14.6. The second-order valence-corrected chi connectivity index (χ2v) is 5.81. The Balaban J connectivity index is 1.79. The molecule has 1 heterocycles. The van der Waals surface area contributed by atoms with Crippen molar-refractivity contribution in [3.63, 3.8) is 0 Å². The van der Waals surface area contributed by atoms with Gasteiger partial charge in [0.05, 0.1) is 19.8 Å². The second kappa shape index (κ2) is 7.97. The smallest absolute Gasteiger partial charge is 0.161 e. The molecule has 0 fully saturated rings. The number of fused-ring (bicyclic) bond motifs is 1. The zero-order valence-corrected chi connectivity index (χ0v) is 14.2. The summed E-state index contributed by atoms with van der Waals surface area (Å²) in [5.41, 5.74) is 3.57. The molecule has 1 aliphatic rings. The predicted molar refractivity (Wildman–Crippen MR) is 95.5 cm³/mol. The van der Waals surface area contributed by atoms with E-state index in [1.165, 1.54) is 11.1 Å². The van der Waals surface area contributed by atoms with Crippen LogP contribution < -0.4 is 9.47 Å². The van der Waals surface area contributed by atoms with Crippen molar-refractivity contribution in [3.05, 3.63) is 59.2 Å². The molecule has 0 bridgehead atoms. The molecule has 2 aromatic carbocycles. The van der Waals surface area contributed by atoms with E-state index >= 15 is 0 Å². The zero-order chi connectivity index (χ0) is 16.8. The van der Waals surface area contributed by atoms with Gasteiger partial charge in [0.25, 0.3) is 0 Å². The maximum Gasteiger partial charge on any atom is 0.161 e. The molecule has 0 saturated carbocycles. The molecule has 4 heteroatoms. The Bertz CT molecular complexity index is 698. The Morgan fingerprint density at radius 1 is 1.04 bits per heavy atom. The van der Waals surface area contributed by atoms with Gasteiger partial charge in [0, 0.05) is 26.4 Å². The Kier molecular flexibility index (Phi) is 5.49. The van der Waals surface area contributed by atoms with Gasteiger partial charge in [-0.3, -0.25) is 4.99 Å². The normalized spacial score (nSPS) is 15.8. The predicted octanol–water partition coefficient (Wildman–Crippen LogP) is 3.83. The van der Waals surface area contributed by atoms with Crippen molar-refractivity contribution in [2.24, 2.45) is 4.99 Å². The third-order valence-electron chi connectivity index (χ3n) is 4.17. The average molecular weight is 325 g/mol. The molecule has 3 rings (SSSR count). The fourth-order valence-corrected chi connectivity index (χ4v) is 2.88. The van der Waals surface area contributed by atoms with Crippen molar-refractivity contribution < 1.29 is 14.2 Å². The molecule has 1 aliphatic heterocycles. The lowest BCUT2D eigenvalue weighted by molar-refractivity contribution is 0.170. The van der Waals surface area contributed by atoms with Crippen molar-refractivity contribution in [2.45, 2.75) is 18.9 Å². The summed E-state index contributed by atoms with van der Waals surface area (Å²) in [5.74, 6) is 1.53. The van der Waals surface area contributed by atoms with Crippen LogP contribution in [0.2, 0.25) is 0 Å². The first kappa shape index (κ1) is 16.5. The van der Waals surface area contributed by atoms with Gasteiger partial charge in [-0.1, -0.05) is 30.3 Å². The first-order valence-electron chi connectivity index (χ1n) is 8.22. The highest BCUT2D eigenvalue weighted by molar-refractivity contribution is 5.84. The summed E-state index contributed by atoms with van der Waals surface area (Å²) in [6.45, 7) is 1.30. The topological polar surface area (TPSA) is 40.0 Å². The van der Waals surface area contributed by atoms with Crippen molar-refractivity contribution in [2.75, 3.05) is 27.4 Å². The summed E-state index contributed by atoms with van der Waals surface area (Å²) in [5, 5.41) is 0. The third-order valence-corrected chi connectivity index (χ3v) is 4.17. The van der Waals surface area contributed by atoms with E-state index in [9.17, 15) is 0 Å². The van der Waals surface area contributed by atoms with E-state index in [0.29, 0.717) is 13.2 Å². The number of methoxy groups -OCH3 is 2. The van der Waals surface area contributed by atoms with Gasteiger partial charge in [-0.05, 0) is 35.2 Å². The summed E-state index contributed by atoms with van der Waals surface area (Å²) >= 11 is 0. The number of rotatable bonds is 7. The van der Waals surface area contributed by atoms with Gasteiger partial charge in [-0.2, -0.15) is 0 Å². The van der Waals surface area contributed by atoms with Crippen LogP contribution in [0.5, 0.6) is 11.5 Å². The van der Waals surface area contributed by atoms with Crippen LogP contribution in [0, 0.1) is 0 Å². The van der Waals surface area contributed by atoms with Gasteiger partial charge in [0.1, 0.15) is 0 Å². The molecule has 2 aromatic rings. The van der Waals surface area contributed by atoms with Crippen LogP contribution >= 0.6 is 0 Å². The van der Waals surface area contributed by atoms with Crippen molar-refractivity contribution in [1.29, 1.82) is 0 Å². The minimum atomic E-state index is 0.161. The lowest BCUT2D eigenvalue weighted by Crippen LogP contribution is -2.10. The molecule has 24 heavy (non-hydrogen) atoms. The largest absolute Gasteiger partial charge is 0.493 e. The van der Waals surface area contributed by atoms with Gasteiger partial charge in [-0.15, -0.1) is 0 Å². The average Bonchev–Trinajstić information content (AvgIpc) is 2.64. The highest BCUT2D eigenvalue weighted by atomic mass is 16.5. The van der Waals surface area contributed by atoms with Crippen LogP contribution in [0.4, 0.5) is 0 Å². The summed E-state index contributed by atoms with van der Waals surface area (Å²) < 4.78 is 16.4. The van der Waals surface area contributed by atoms with E-state index in [2.05, 4.69) is 30.3 Å². The fourth-order valence-electron chi connectivity index (χ4n) is 2.88. The first-order chi connectivity index (χ1) is 11.8. The SMILES string of the molecule is COCCCOc1cc2c(cc1OC)C=NC(c1ccccc1)C2. The molecule has 1 atom stereocenters. The van der Waals surface area contributed by atoms with E-state index in [-0.39, 0.29) is 6.04 Å². The third kappa shape index (κ3) is 3.77. The molecule has 0 saturated heterocycles. The first-order valence-corrected chi connectivity index (χ1v) is 8.22. The van der Waals surface area contributed by atoms with E-state index in [4.69, 9.17) is 19.2 Å². The van der Waals surface area contributed by atoms with Crippen molar-refractivity contribution >= 4 is 6.21 Å². The molecule has 0 amide bonds. The highest BCUT2D eigenvalue weighted by Gasteiger charge is 2.19. The van der Waals surface area contributed by atoms with Gasteiger partial charge in [0.15, 0.2) is 11.5 Å². The molecule has 1 unspecified atom stereocenters. The maximum atomic E-state index is 5.89. The van der Waals surface area contributed by atoms with Gasteiger partial charge >= 0.3 is 0 Å². The summed E-state index contributed by atoms with van der Waals surface area (Å²) in [7, 11) is 3.36. The van der Waals surface area contributed by atoms with Crippen molar-refractivity contribution in [1.82, 2.24) is 0 Å². The highest BCUT2D eigenvalue weighted by Crippen LogP contribution is 2.35. The van der Waals surface area contributed by atoms with Gasteiger partial charge in [-0.25, -0.2) is 0 Å². The van der Waals surface area contributed by atoms with E-state index < -0.39 is 0 Å². The number of nitrogens with zero attached hydrogens (tertiary/aromatic N) is 1. The second-order valence-electron chi connectivity index (χ2n) is 5.81. The Morgan fingerprint density at radius 2 is 1.88 bits per heavy atom. The lowest BCUT2D eigenvalue weighted by atomic mass is 9.93. The molecule has 0 N–H and O–H groups in total.